The van der Waals surface area contributed by atoms with Gasteiger partial charge in [-0.3, -0.25) is 4.79 Å². The van der Waals surface area contributed by atoms with Crippen molar-refractivity contribution in [3.8, 4) is 5.75 Å². The molecule has 0 radical (unpaired) electrons. The molecule has 134 valence electrons. The number of benzene rings is 1. The molecule has 0 spiro atoms. The van der Waals surface area contributed by atoms with Gasteiger partial charge in [-0.25, -0.2) is 9.97 Å². The largest absolute Gasteiger partial charge is 0.491 e. The molecule has 0 aliphatic heterocycles. The maximum absolute atomic E-state index is 12.3. The predicted octanol–water partition coefficient (Wildman–Crippen LogP) is 3.75. The number of rotatable bonds is 8. The Morgan fingerprint density at radius 1 is 1.20 bits per heavy atom. The number of aromatic nitrogens is 2. The molecule has 2 rings (SSSR count). The number of hydrogen-bond acceptors (Lipinski definition) is 5. The Balaban J connectivity index is 1.96. The van der Waals surface area contributed by atoms with Crippen molar-refractivity contribution in [3.63, 3.8) is 0 Å². The van der Waals surface area contributed by atoms with Crippen LogP contribution in [0.15, 0.2) is 36.7 Å². The van der Waals surface area contributed by atoms with Gasteiger partial charge in [-0.05, 0) is 44.5 Å². The fourth-order valence-electron chi connectivity index (χ4n) is 2.23. The van der Waals surface area contributed by atoms with E-state index in [0.29, 0.717) is 5.69 Å². The Labute approximate surface area is 149 Å². The van der Waals surface area contributed by atoms with Crippen LogP contribution >= 0.6 is 0 Å². The summed E-state index contributed by atoms with van der Waals surface area (Å²) in [5.74, 6) is 1.25. The highest BCUT2D eigenvalue weighted by atomic mass is 16.5. The van der Waals surface area contributed by atoms with Crippen LogP contribution in [0.1, 0.15) is 44.1 Å². The molecule has 6 nitrogen and oxygen atoms in total. The van der Waals surface area contributed by atoms with Crippen LogP contribution in [0.5, 0.6) is 5.75 Å². The lowest BCUT2D eigenvalue weighted by atomic mass is 10.3. The quantitative estimate of drug-likeness (QED) is 0.791. The molecule has 1 aromatic carbocycles. The van der Waals surface area contributed by atoms with E-state index >= 15 is 0 Å². The lowest BCUT2D eigenvalue weighted by Crippen LogP contribution is -2.21. The fraction of sp³-hybridized carbons (Fsp3) is 0.421. The van der Waals surface area contributed by atoms with Gasteiger partial charge in [0.15, 0.2) is 0 Å². The van der Waals surface area contributed by atoms with E-state index in [4.69, 9.17) is 4.74 Å². The van der Waals surface area contributed by atoms with E-state index in [2.05, 4.69) is 22.2 Å². The number of carbonyl (C=O) groups excluding carboxylic acids is 1. The second-order valence-corrected chi connectivity index (χ2v) is 6.18. The van der Waals surface area contributed by atoms with Crippen molar-refractivity contribution in [2.45, 2.75) is 39.7 Å². The molecule has 6 heteroatoms. The third-order valence-electron chi connectivity index (χ3n) is 3.59. The van der Waals surface area contributed by atoms with Gasteiger partial charge in [0.1, 0.15) is 17.3 Å². The Hall–Kier alpha value is -2.63. The van der Waals surface area contributed by atoms with Crippen LogP contribution in [0.4, 0.5) is 11.5 Å². The number of nitrogens with zero attached hydrogens (tertiary/aromatic N) is 3. The van der Waals surface area contributed by atoms with E-state index in [1.54, 1.807) is 18.3 Å². The lowest BCUT2D eigenvalue weighted by Gasteiger charge is -2.17. The zero-order chi connectivity index (χ0) is 18.2. The summed E-state index contributed by atoms with van der Waals surface area (Å²) < 4.78 is 5.58. The predicted molar refractivity (Wildman–Crippen MR) is 100 cm³/mol. The highest BCUT2D eigenvalue weighted by molar-refractivity contribution is 6.02. The van der Waals surface area contributed by atoms with Gasteiger partial charge in [0.2, 0.25) is 0 Å². The van der Waals surface area contributed by atoms with Crippen LogP contribution < -0.4 is 15.0 Å². The first-order chi connectivity index (χ1) is 12.0. The van der Waals surface area contributed by atoms with Crippen molar-refractivity contribution >= 4 is 17.4 Å². The molecule has 0 saturated carbocycles. The van der Waals surface area contributed by atoms with E-state index in [1.165, 1.54) is 6.20 Å². The van der Waals surface area contributed by atoms with Crippen molar-refractivity contribution in [2.75, 3.05) is 23.8 Å². The molecule has 0 aliphatic rings. The normalized spacial score (nSPS) is 10.6. The van der Waals surface area contributed by atoms with Gasteiger partial charge in [-0.1, -0.05) is 13.3 Å². The van der Waals surface area contributed by atoms with E-state index in [-0.39, 0.29) is 17.7 Å². The average molecular weight is 342 g/mol. The van der Waals surface area contributed by atoms with Crippen LogP contribution in [0, 0.1) is 0 Å². The summed E-state index contributed by atoms with van der Waals surface area (Å²) in [5, 5.41) is 2.81. The third kappa shape index (κ3) is 5.74. The van der Waals surface area contributed by atoms with Crippen molar-refractivity contribution in [2.24, 2.45) is 0 Å². The van der Waals surface area contributed by atoms with Gasteiger partial charge < -0.3 is 15.0 Å². The molecule has 25 heavy (non-hydrogen) atoms. The summed E-state index contributed by atoms with van der Waals surface area (Å²) in [5.41, 5.74) is 0.974. The van der Waals surface area contributed by atoms with Crippen LogP contribution in [-0.4, -0.2) is 35.6 Å². The van der Waals surface area contributed by atoms with Crippen molar-refractivity contribution in [3.05, 3.63) is 42.4 Å². The number of amides is 1. The van der Waals surface area contributed by atoms with Crippen LogP contribution in [0.3, 0.4) is 0 Å². The minimum atomic E-state index is -0.284. The Kier molecular flexibility index (Phi) is 6.74. The maximum Gasteiger partial charge on any atom is 0.275 e. The van der Waals surface area contributed by atoms with E-state index in [9.17, 15) is 4.79 Å². The Morgan fingerprint density at radius 3 is 2.48 bits per heavy atom. The van der Waals surface area contributed by atoms with Gasteiger partial charge in [0, 0.05) is 19.3 Å². The molecule has 1 N–H and O–H groups in total. The summed E-state index contributed by atoms with van der Waals surface area (Å²) in [4.78, 5) is 22.8. The maximum atomic E-state index is 12.3. The summed E-state index contributed by atoms with van der Waals surface area (Å²) in [6, 6.07) is 7.26. The van der Waals surface area contributed by atoms with Crippen LogP contribution in [-0.2, 0) is 0 Å². The van der Waals surface area contributed by atoms with Crippen molar-refractivity contribution < 1.29 is 9.53 Å². The first-order valence-corrected chi connectivity index (χ1v) is 8.61. The van der Waals surface area contributed by atoms with E-state index in [0.717, 1.165) is 31.0 Å². The fourth-order valence-corrected chi connectivity index (χ4v) is 2.23. The molecular formula is C19H26N4O2. The number of hydrogen-bond donors (Lipinski definition) is 1. The molecular weight excluding hydrogens is 316 g/mol. The van der Waals surface area contributed by atoms with E-state index in [1.807, 2.05) is 37.9 Å². The molecule has 0 fully saturated rings. The minimum Gasteiger partial charge on any atom is -0.491 e. The highest BCUT2D eigenvalue weighted by Crippen LogP contribution is 2.17. The molecule has 0 saturated heterocycles. The summed E-state index contributed by atoms with van der Waals surface area (Å²) in [7, 11) is 1.97. The second-order valence-electron chi connectivity index (χ2n) is 6.18. The SMILES string of the molecule is CCCCN(C)c1cnc(C(=O)Nc2ccc(OC(C)C)cc2)cn1. The first-order valence-electron chi connectivity index (χ1n) is 8.61. The summed E-state index contributed by atoms with van der Waals surface area (Å²) in [6.45, 7) is 7.01. The monoisotopic (exact) mass is 342 g/mol. The third-order valence-corrected chi connectivity index (χ3v) is 3.59. The number of anilines is 2. The molecule has 2 aromatic rings. The lowest BCUT2D eigenvalue weighted by molar-refractivity contribution is 0.102. The summed E-state index contributed by atoms with van der Waals surface area (Å²) in [6.07, 6.45) is 5.47. The molecule has 1 heterocycles. The smallest absolute Gasteiger partial charge is 0.275 e. The minimum absolute atomic E-state index is 0.115. The molecule has 0 bridgehead atoms. The zero-order valence-electron chi connectivity index (χ0n) is 15.3. The number of carbonyl (C=O) groups is 1. The highest BCUT2D eigenvalue weighted by Gasteiger charge is 2.10. The van der Waals surface area contributed by atoms with Gasteiger partial charge >= 0.3 is 0 Å². The van der Waals surface area contributed by atoms with Crippen molar-refractivity contribution in [1.82, 2.24) is 9.97 Å². The zero-order valence-corrected chi connectivity index (χ0v) is 15.3. The van der Waals surface area contributed by atoms with Gasteiger partial charge in [0.25, 0.3) is 5.91 Å². The van der Waals surface area contributed by atoms with Gasteiger partial charge in [-0.15, -0.1) is 0 Å². The number of unbranched alkanes of at least 4 members (excludes halogenated alkanes) is 1. The Bertz CT molecular complexity index is 669. The van der Waals surface area contributed by atoms with Crippen LogP contribution in [0.2, 0.25) is 0 Å². The second kappa shape index (κ2) is 9.01. The van der Waals surface area contributed by atoms with Gasteiger partial charge in [0.05, 0.1) is 18.5 Å². The molecule has 0 atom stereocenters. The van der Waals surface area contributed by atoms with E-state index < -0.39 is 0 Å². The summed E-state index contributed by atoms with van der Waals surface area (Å²) >= 11 is 0. The van der Waals surface area contributed by atoms with Crippen molar-refractivity contribution in [1.29, 1.82) is 0 Å². The molecule has 1 amide bonds. The van der Waals surface area contributed by atoms with Crippen LogP contribution in [0.25, 0.3) is 0 Å². The number of ether oxygens (including phenoxy) is 1. The standard InChI is InChI=1S/C19H26N4O2/c1-5-6-11-23(4)18-13-20-17(12-21-18)19(24)22-15-7-9-16(10-8-15)25-14(2)3/h7-10,12-14H,5-6,11H2,1-4H3,(H,22,24). The molecule has 1 aromatic heterocycles. The average Bonchev–Trinajstić information content (AvgIpc) is 2.61. The number of nitrogens with one attached hydrogen (secondary N) is 1. The Morgan fingerprint density at radius 2 is 1.92 bits per heavy atom. The van der Waals surface area contributed by atoms with Gasteiger partial charge in [-0.2, -0.15) is 0 Å². The molecule has 0 aliphatic carbocycles. The molecule has 0 unspecified atom stereocenters. The first kappa shape index (κ1) is 18.7. The topological polar surface area (TPSA) is 67.4 Å².